The van der Waals surface area contributed by atoms with Crippen molar-refractivity contribution in [2.75, 3.05) is 5.32 Å². The van der Waals surface area contributed by atoms with Gasteiger partial charge in [-0.2, -0.15) is 0 Å². The van der Waals surface area contributed by atoms with Crippen LogP contribution in [0.25, 0.3) is 0 Å². The fourth-order valence-electron chi connectivity index (χ4n) is 1.31. The maximum Gasteiger partial charge on any atom is 0.260 e. The van der Waals surface area contributed by atoms with Crippen molar-refractivity contribution >= 4 is 23.3 Å². The maximum absolute atomic E-state index is 11.8. The maximum atomic E-state index is 11.8. The second-order valence-corrected chi connectivity index (χ2v) is 3.87. The van der Waals surface area contributed by atoms with Crippen molar-refractivity contribution in [3.63, 3.8) is 0 Å². The van der Waals surface area contributed by atoms with Crippen LogP contribution in [-0.2, 0) is 0 Å². The van der Waals surface area contributed by atoms with Gasteiger partial charge in [-0.25, -0.2) is 0 Å². The lowest BCUT2D eigenvalue weighted by Gasteiger charge is -2.03. The predicted molar refractivity (Wildman–Crippen MR) is 62.3 cm³/mol. The van der Waals surface area contributed by atoms with Crippen LogP contribution < -0.4 is 5.32 Å². The van der Waals surface area contributed by atoms with Crippen LogP contribution in [0.5, 0.6) is 5.75 Å². The Balaban J connectivity index is 2.20. The SMILES string of the molecule is Cc1cc(NC(=O)c2ccc(Cl)cc2O)no1. The highest BCUT2D eigenvalue weighted by Gasteiger charge is 2.13. The number of halogens is 1. The van der Waals surface area contributed by atoms with Crippen LogP contribution in [0.1, 0.15) is 16.1 Å². The summed E-state index contributed by atoms with van der Waals surface area (Å²) in [6.45, 7) is 1.71. The van der Waals surface area contributed by atoms with Gasteiger partial charge in [0, 0.05) is 11.1 Å². The van der Waals surface area contributed by atoms with Gasteiger partial charge in [0.1, 0.15) is 11.5 Å². The number of hydrogen-bond acceptors (Lipinski definition) is 4. The van der Waals surface area contributed by atoms with Gasteiger partial charge < -0.3 is 14.9 Å². The summed E-state index contributed by atoms with van der Waals surface area (Å²) in [7, 11) is 0. The molecular formula is C11H9ClN2O3. The Morgan fingerprint density at radius 3 is 2.82 bits per heavy atom. The van der Waals surface area contributed by atoms with E-state index in [1.807, 2.05) is 0 Å². The van der Waals surface area contributed by atoms with E-state index in [1.165, 1.54) is 18.2 Å². The van der Waals surface area contributed by atoms with Crippen LogP contribution in [0.4, 0.5) is 5.82 Å². The van der Waals surface area contributed by atoms with Crippen molar-refractivity contribution in [3.05, 3.63) is 40.6 Å². The van der Waals surface area contributed by atoms with Crippen molar-refractivity contribution in [2.24, 2.45) is 0 Å². The Labute approximate surface area is 102 Å². The highest BCUT2D eigenvalue weighted by atomic mass is 35.5. The molecule has 1 heterocycles. The average Bonchev–Trinajstić information content (AvgIpc) is 2.63. The number of nitrogens with one attached hydrogen (secondary N) is 1. The molecule has 0 aliphatic heterocycles. The van der Waals surface area contributed by atoms with Crippen LogP contribution in [0.3, 0.4) is 0 Å². The first kappa shape index (κ1) is 11.5. The third kappa shape index (κ3) is 2.57. The number of anilines is 1. The minimum Gasteiger partial charge on any atom is -0.507 e. The Bertz CT molecular complexity index is 566. The van der Waals surface area contributed by atoms with E-state index in [4.69, 9.17) is 16.1 Å². The Morgan fingerprint density at radius 1 is 1.47 bits per heavy atom. The molecule has 0 aliphatic rings. The predicted octanol–water partition coefficient (Wildman–Crippen LogP) is 2.59. The summed E-state index contributed by atoms with van der Waals surface area (Å²) in [6, 6.07) is 5.82. The number of amides is 1. The van der Waals surface area contributed by atoms with Gasteiger partial charge in [-0.15, -0.1) is 0 Å². The van der Waals surface area contributed by atoms with E-state index in [1.54, 1.807) is 13.0 Å². The largest absolute Gasteiger partial charge is 0.507 e. The second-order valence-electron chi connectivity index (χ2n) is 3.44. The molecule has 0 fully saturated rings. The summed E-state index contributed by atoms with van der Waals surface area (Å²) in [5.74, 6) is 0.213. The van der Waals surface area contributed by atoms with Crippen molar-refractivity contribution < 1.29 is 14.4 Å². The fourth-order valence-corrected chi connectivity index (χ4v) is 1.47. The summed E-state index contributed by atoms with van der Waals surface area (Å²) < 4.78 is 4.80. The van der Waals surface area contributed by atoms with Gasteiger partial charge in [-0.1, -0.05) is 16.8 Å². The molecule has 6 heteroatoms. The van der Waals surface area contributed by atoms with E-state index in [0.29, 0.717) is 16.6 Å². The number of carbonyl (C=O) groups excluding carboxylic acids is 1. The van der Waals surface area contributed by atoms with Gasteiger partial charge in [0.05, 0.1) is 5.56 Å². The molecule has 1 aromatic heterocycles. The standard InChI is InChI=1S/C11H9ClN2O3/c1-6-4-10(14-17-6)13-11(16)8-3-2-7(12)5-9(8)15/h2-5,15H,1H3,(H,13,14,16). The summed E-state index contributed by atoms with van der Waals surface area (Å²) in [5.41, 5.74) is 0.120. The number of carbonyl (C=O) groups is 1. The summed E-state index contributed by atoms with van der Waals surface area (Å²) in [4.78, 5) is 11.8. The smallest absolute Gasteiger partial charge is 0.260 e. The highest BCUT2D eigenvalue weighted by molar-refractivity contribution is 6.30. The molecule has 17 heavy (non-hydrogen) atoms. The zero-order chi connectivity index (χ0) is 12.4. The zero-order valence-corrected chi connectivity index (χ0v) is 9.65. The highest BCUT2D eigenvalue weighted by Crippen LogP contribution is 2.22. The van der Waals surface area contributed by atoms with E-state index in [0.717, 1.165) is 0 Å². The molecule has 0 bridgehead atoms. The van der Waals surface area contributed by atoms with Crippen molar-refractivity contribution in [1.29, 1.82) is 0 Å². The molecule has 0 saturated carbocycles. The molecule has 88 valence electrons. The van der Waals surface area contributed by atoms with Crippen LogP contribution in [-0.4, -0.2) is 16.2 Å². The molecule has 1 aromatic carbocycles. The Hall–Kier alpha value is -2.01. The molecule has 2 N–H and O–H groups in total. The van der Waals surface area contributed by atoms with Crippen LogP contribution >= 0.6 is 11.6 Å². The molecule has 5 nitrogen and oxygen atoms in total. The lowest BCUT2D eigenvalue weighted by Crippen LogP contribution is -2.12. The number of benzene rings is 1. The number of phenols is 1. The van der Waals surface area contributed by atoms with E-state index in [9.17, 15) is 9.90 Å². The third-order valence-electron chi connectivity index (χ3n) is 2.07. The van der Waals surface area contributed by atoms with Crippen molar-refractivity contribution in [3.8, 4) is 5.75 Å². The number of nitrogens with zero attached hydrogens (tertiary/aromatic N) is 1. The van der Waals surface area contributed by atoms with Crippen molar-refractivity contribution in [1.82, 2.24) is 5.16 Å². The molecule has 0 atom stereocenters. The summed E-state index contributed by atoms with van der Waals surface area (Å²) in [6.07, 6.45) is 0. The molecule has 0 spiro atoms. The minimum atomic E-state index is -0.479. The fraction of sp³-hybridized carbons (Fsp3) is 0.0909. The van der Waals surface area contributed by atoms with E-state index >= 15 is 0 Å². The number of phenolic OH excluding ortho intramolecular Hbond substituents is 1. The van der Waals surface area contributed by atoms with Crippen molar-refractivity contribution in [2.45, 2.75) is 6.92 Å². The third-order valence-corrected chi connectivity index (χ3v) is 2.31. The molecule has 2 aromatic rings. The Morgan fingerprint density at radius 2 is 2.24 bits per heavy atom. The zero-order valence-electron chi connectivity index (χ0n) is 8.90. The van der Waals surface area contributed by atoms with Gasteiger partial charge in [0.15, 0.2) is 5.82 Å². The monoisotopic (exact) mass is 252 g/mol. The quantitative estimate of drug-likeness (QED) is 0.861. The second kappa shape index (κ2) is 4.47. The van der Waals surface area contributed by atoms with Crippen LogP contribution in [0, 0.1) is 6.92 Å². The first-order valence-corrected chi connectivity index (χ1v) is 5.17. The molecular weight excluding hydrogens is 244 g/mol. The van der Waals surface area contributed by atoms with E-state index < -0.39 is 5.91 Å². The molecule has 0 radical (unpaired) electrons. The molecule has 0 unspecified atom stereocenters. The summed E-state index contributed by atoms with van der Waals surface area (Å²) >= 11 is 5.67. The number of aromatic nitrogens is 1. The van der Waals surface area contributed by atoms with E-state index in [-0.39, 0.29) is 11.3 Å². The number of aromatic hydroxyl groups is 1. The topological polar surface area (TPSA) is 75.4 Å². The number of rotatable bonds is 2. The Kier molecular flexibility index (Phi) is 3.01. The first-order valence-electron chi connectivity index (χ1n) is 4.79. The molecule has 0 aliphatic carbocycles. The lowest BCUT2D eigenvalue weighted by atomic mass is 10.2. The number of hydrogen-bond donors (Lipinski definition) is 2. The normalized spacial score (nSPS) is 10.2. The van der Waals surface area contributed by atoms with Gasteiger partial charge in [-0.05, 0) is 25.1 Å². The minimum absolute atomic E-state index is 0.120. The molecule has 2 rings (SSSR count). The first-order chi connectivity index (χ1) is 8.06. The molecule has 1 amide bonds. The molecule has 0 saturated heterocycles. The van der Waals surface area contributed by atoms with E-state index in [2.05, 4.69) is 10.5 Å². The van der Waals surface area contributed by atoms with Crippen LogP contribution in [0.15, 0.2) is 28.8 Å². The van der Waals surface area contributed by atoms with Crippen LogP contribution in [0.2, 0.25) is 5.02 Å². The summed E-state index contributed by atoms with van der Waals surface area (Å²) in [5, 5.41) is 16.0. The van der Waals surface area contributed by atoms with Gasteiger partial charge >= 0.3 is 0 Å². The van der Waals surface area contributed by atoms with Gasteiger partial charge in [-0.3, -0.25) is 4.79 Å². The average molecular weight is 253 g/mol. The lowest BCUT2D eigenvalue weighted by molar-refractivity contribution is 0.102. The van der Waals surface area contributed by atoms with Gasteiger partial charge in [0.25, 0.3) is 5.91 Å². The number of aryl methyl sites for hydroxylation is 1. The van der Waals surface area contributed by atoms with Gasteiger partial charge in [0.2, 0.25) is 0 Å².